The van der Waals surface area contributed by atoms with Gasteiger partial charge in [-0.1, -0.05) is 6.07 Å². The minimum absolute atomic E-state index is 0.431. The van der Waals surface area contributed by atoms with Crippen LogP contribution in [0.2, 0.25) is 0 Å². The van der Waals surface area contributed by atoms with Gasteiger partial charge in [-0.15, -0.1) is 0 Å². The zero-order valence-electron chi connectivity index (χ0n) is 14.3. The van der Waals surface area contributed by atoms with Crippen LogP contribution in [0.1, 0.15) is 26.1 Å². The fraction of sp³-hybridized carbons (Fsp3) is 0.444. The number of ether oxygens (including phenoxy) is 2. The van der Waals surface area contributed by atoms with Crippen molar-refractivity contribution in [1.82, 2.24) is 15.0 Å². The van der Waals surface area contributed by atoms with E-state index in [-0.39, 0.29) is 0 Å². The fourth-order valence-electron chi connectivity index (χ4n) is 2.57. The zero-order valence-corrected chi connectivity index (χ0v) is 14.3. The summed E-state index contributed by atoms with van der Waals surface area (Å²) in [7, 11) is 1.67. The average molecular weight is 329 g/mol. The van der Waals surface area contributed by atoms with Gasteiger partial charge in [0.05, 0.1) is 41.4 Å². The van der Waals surface area contributed by atoms with E-state index >= 15 is 0 Å². The number of pyridine rings is 1. The molecule has 0 amide bonds. The molecular weight excluding hydrogens is 306 g/mol. The lowest BCUT2D eigenvalue weighted by atomic mass is 10.1. The SMILES string of the molecule is COCCc1nc2c(cnc3cccc(OCCC(C)(C)O)c32)[nH]1. The highest BCUT2D eigenvalue weighted by Crippen LogP contribution is 2.30. The molecule has 0 aliphatic heterocycles. The van der Waals surface area contributed by atoms with Gasteiger partial charge in [0, 0.05) is 20.0 Å². The van der Waals surface area contributed by atoms with Crippen molar-refractivity contribution in [3.63, 3.8) is 0 Å². The van der Waals surface area contributed by atoms with E-state index in [9.17, 15) is 5.11 Å². The Hall–Kier alpha value is -2.18. The number of benzene rings is 1. The molecule has 2 N–H and O–H groups in total. The molecule has 0 aliphatic carbocycles. The molecule has 0 bridgehead atoms. The molecule has 0 aliphatic rings. The molecule has 2 heterocycles. The molecule has 3 rings (SSSR count). The Morgan fingerprint density at radius 3 is 2.83 bits per heavy atom. The first-order valence-electron chi connectivity index (χ1n) is 8.08. The number of nitrogens with one attached hydrogen (secondary N) is 1. The van der Waals surface area contributed by atoms with Gasteiger partial charge in [0.25, 0.3) is 0 Å². The van der Waals surface area contributed by atoms with E-state index in [4.69, 9.17) is 14.5 Å². The second kappa shape index (κ2) is 6.75. The summed E-state index contributed by atoms with van der Waals surface area (Å²) in [4.78, 5) is 12.5. The summed E-state index contributed by atoms with van der Waals surface area (Å²) in [5, 5.41) is 10.7. The molecule has 0 atom stereocenters. The number of H-pyrrole nitrogens is 1. The lowest BCUT2D eigenvalue weighted by Gasteiger charge is -2.17. The minimum atomic E-state index is -0.752. The number of nitrogens with zero attached hydrogens (tertiary/aromatic N) is 2. The van der Waals surface area contributed by atoms with E-state index in [0.717, 1.165) is 33.5 Å². The Kier molecular flexibility index (Phi) is 4.69. The number of imidazole rings is 1. The van der Waals surface area contributed by atoms with Crippen molar-refractivity contribution in [2.24, 2.45) is 0 Å². The molecule has 0 fully saturated rings. The lowest BCUT2D eigenvalue weighted by molar-refractivity contribution is 0.0556. The van der Waals surface area contributed by atoms with Gasteiger partial charge in [-0.25, -0.2) is 4.98 Å². The van der Waals surface area contributed by atoms with Gasteiger partial charge >= 0.3 is 0 Å². The van der Waals surface area contributed by atoms with Crippen LogP contribution in [0.15, 0.2) is 24.4 Å². The molecule has 0 spiro atoms. The summed E-state index contributed by atoms with van der Waals surface area (Å²) < 4.78 is 11.0. The van der Waals surface area contributed by atoms with Crippen molar-refractivity contribution in [3.8, 4) is 5.75 Å². The minimum Gasteiger partial charge on any atom is -0.493 e. The first-order chi connectivity index (χ1) is 11.5. The van der Waals surface area contributed by atoms with E-state index in [0.29, 0.717) is 26.1 Å². The molecule has 2 aromatic heterocycles. The highest BCUT2D eigenvalue weighted by molar-refractivity contribution is 6.05. The summed E-state index contributed by atoms with van der Waals surface area (Å²) in [6.07, 6.45) is 3.06. The predicted molar refractivity (Wildman–Crippen MR) is 93.4 cm³/mol. The van der Waals surface area contributed by atoms with Crippen LogP contribution in [0.3, 0.4) is 0 Å². The van der Waals surface area contributed by atoms with Crippen LogP contribution in [0.25, 0.3) is 21.9 Å². The van der Waals surface area contributed by atoms with Crippen molar-refractivity contribution in [2.75, 3.05) is 20.3 Å². The molecule has 3 aromatic rings. The summed E-state index contributed by atoms with van der Waals surface area (Å²) in [5.74, 6) is 1.60. The highest BCUT2D eigenvalue weighted by Gasteiger charge is 2.15. The molecule has 0 radical (unpaired) electrons. The predicted octanol–water partition coefficient (Wildman–Crippen LogP) is 2.84. The molecule has 1 aromatic carbocycles. The van der Waals surface area contributed by atoms with Gasteiger partial charge in [-0.05, 0) is 26.0 Å². The number of aromatic nitrogens is 3. The Labute approximate surface area is 140 Å². The number of methoxy groups -OCH3 is 1. The number of hydrogen-bond donors (Lipinski definition) is 2. The maximum absolute atomic E-state index is 9.84. The Morgan fingerprint density at radius 1 is 1.25 bits per heavy atom. The van der Waals surface area contributed by atoms with E-state index in [1.165, 1.54) is 0 Å². The molecule has 128 valence electrons. The summed E-state index contributed by atoms with van der Waals surface area (Å²) in [6.45, 7) is 4.59. The second-order valence-electron chi connectivity index (χ2n) is 6.51. The first-order valence-corrected chi connectivity index (χ1v) is 8.08. The van der Waals surface area contributed by atoms with Crippen LogP contribution < -0.4 is 4.74 Å². The van der Waals surface area contributed by atoms with E-state index in [2.05, 4.69) is 9.97 Å². The van der Waals surface area contributed by atoms with Gasteiger partial charge in [-0.2, -0.15) is 0 Å². The van der Waals surface area contributed by atoms with Crippen LogP contribution >= 0.6 is 0 Å². The third kappa shape index (κ3) is 3.66. The van der Waals surface area contributed by atoms with Gasteiger partial charge in [0.2, 0.25) is 0 Å². The van der Waals surface area contributed by atoms with Crippen LogP contribution in [-0.4, -0.2) is 46.0 Å². The first kappa shape index (κ1) is 16.7. The largest absolute Gasteiger partial charge is 0.493 e. The van der Waals surface area contributed by atoms with Crippen LogP contribution in [-0.2, 0) is 11.2 Å². The van der Waals surface area contributed by atoms with E-state index in [1.807, 2.05) is 18.2 Å². The Morgan fingerprint density at radius 2 is 2.08 bits per heavy atom. The maximum atomic E-state index is 9.84. The molecule has 0 saturated carbocycles. The molecule has 6 heteroatoms. The lowest BCUT2D eigenvalue weighted by Crippen LogP contribution is -2.21. The van der Waals surface area contributed by atoms with Crippen LogP contribution in [0.4, 0.5) is 0 Å². The Balaban J connectivity index is 1.97. The fourth-order valence-corrected chi connectivity index (χ4v) is 2.57. The van der Waals surface area contributed by atoms with Crippen molar-refractivity contribution >= 4 is 21.9 Å². The van der Waals surface area contributed by atoms with Crippen molar-refractivity contribution < 1.29 is 14.6 Å². The van der Waals surface area contributed by atoms with E-state index < -0.39 is 5.60 Å². The summed E-state index contributed by atoms with van der Waals surface area (Å²) in [6, 6.07) is 5.78. The number of fused-ring (bicyclic) bond motifs is 3. The zero-order chi connectivity index (χ0) is 17.2. The van der Waals surface area contributed by atoms with Gasteiger partial charge in [-0.3, -0.25) is 4.98 Å². The van der Waals surface area contributed by atoms with Crippen molar-refractivity contribution in [3.05, 3.63) is 30.2 Å². The van der Waals surface area contributed by atoms with Gasteiger partial charge in [0.1, 0.15) is 17.1 Å². The molecular formula is C18H23N3O3. The van der Waals surface area contributed by atoms with Crippen LogP contribution in [0.5, 0.6) is 5.75 Å². The normalized spacial score (nSPS) is 12.2. The smallest absolute Gasteiger partial charge is 0.130 e. The second-order valence-corrected chi connectivity index (χ2v) is 6.51. The molecule has 0 saturated heterocycles. The molecule has 24 heavy (non-hydrogen) atoms. The average Bonchev–Trinajstić information content (AvgIpc) is 2.94. The van der Waals surface area contributed by atoms with Crippen LogP contribution in [0, 0.1) is 0 Å². The topological polar surface area (TPSA) is 80.3 Å². The van der Waals surface area contributed by atoms with E-state index in [1.54, 1.807) is 27.2 Å². The van der Waals surface area contributed by atoms with Crippen molar-refractivity contribution in [1.29, 1.82) is 0 Å². The standard InChI is InChI=1S/C18H23N3O3/c1-18(2,22)8-10-24-14-6-4-5-12-16(14)17-13(11-19-12)20-15(21-17)7-9-23-3/h4-6,11,22H,7-10H2,1-3H3,(H,20,21). The monoisotopic (exact) mass is 329 g/mol. The quantitative estimate of drug-likeness (QED) is 0.697. The van der Waals surface area contributed by atoms with Gasteiger partial charge < -0.3 is 19.6 Å². The summed E-state index contributed by atoms with van der Waals surface area (Å²) >= 11 is 0. The van der Waals surface area contributed by atoms with Gasteiger partial charge in [0.15, 0.2) is 0 Å². The number of rotatable bonds is 7. The third-order valence-corrected chi connectivity index (χ3v) is 3.87. The van der Waals surface area contributed by atoms with Crippen molar-refractivity contribution in [2.45, 2.75) is 32.3 Å². The maximum Gasteiger partial charge on any atom is 0.130 e. The highest BCUT2D eigenvalue weighted by atomic mass is 16.5. The Bertz CT molecular complexity index is 836. The number of aliphatic hydroxyl groups is 1. The molecule has 6 nitrogen and oxygen atoms in total. The third-order valence-electron chi connectivity index (χ3n) is 3.87. The molecule has 0 unspecified atom stereocenters. The number of hydrogen-bond acceptors (Lipinski definition) is 5. The number of aromatic amines is 1. The summed E-state index contributed by atoms with van der Waals surface area (Å²) in [5.41, 5.74) is 1.82.